The van der Waals surface area contributed by atoms with Crippen LogP contribution in [0.4, 0.5) is 65.9 Å². The SMILES string of the molecule is Cc1cc(C)c(-c2c3nc(c(-c4c(C)cc(C)cc4C)c4ccc([nH]4)c(-c4c(C)cc(C)cc4C)c4nc(c(-c5ccc(P(=O)(O)O)cc5-c5c6nc(c(-c7c(F)c(F)c(F)c(F)c7F)c7ccc([nH]7)c(-c7c(F)c(F)c(F)c(F)c7F)c7nc(c(-c8c(F)c(F)c(F)c(F)c8F)c8ccc5[nH]8)C=C7)C=C6)c5ccc2[nH]5)C=C4)C=C3)c(C)c1. The Morgan fingerprint density at radius 1 is 0.229 bits per heavy atom. The first-order valence-corrected chi connectivity index (χ1v) is 38.0. The van der Waals surface area contributed by atoms with E-state index in [-0.39, 0.29) is 39.0 Å². The third-order valence-corrected chi connectivity index (χ3v) is 22.5. The van der Waals surface area contributed by atoms with E-state index in [4.69, 9.17) is 15.0 Å². The highest BCUT2D eigenvalue weighted by Crippen LogP contribution is 2.50. The van der Waals surface area contributed by atoms with Crippen molar-refractivity contribution in [3.8, 4) is 89.0 Å². The van der Waals surface area contributed by atoms with Crippen molar-refractivity contribution >= 4 is 106 Å². The summed E-state index contributed by atoms with van der Waals surface area (Å²) >= 11 is 0. The van der Waals surface area contributed by atoms with Crippen LogP contribution in [0.1, 0.15) is 95.6 Å². The van der Waals surface area contributed by atoms with Crippen LogP contribution in [-0.2, 0) is 4.57 Å². The Hall–Kier alpha value is -13.2. The van der Waals surface area contributed by atoms with Crippen molar-refractivity contribution in [2.75, 3.05) is 0 Å². The zero-order valence-corrected chi connectivity index (χ0v) is 64.0. The molecule has 590 valence electrons. The van der Waals surface area contributed by atoms with Gasteiger partial charge in [0.1, 0.15) is 0 Å². The molecule has 4 aliphatic heterocycles. The van der Waals surface area contributed by atoms with Gasteiger partial charge < -0.3 is 29.7 Å². The summed E-state index contributed by atoms with van der Waals surface area (Å²) in [7, 11) is -5.51. The Bertz CT molecular complexity index is 7040. The van der Waals surface area contributed by atoms with Gasteiger partial charge in [-0.25, -0.2) is 85.8 Å². The second-order valence-corrected chi connectivity index (χ2v) is 31.0. The number of aromatic nitrogens is 8. The molecule has 4 aliphatic rings. The van der Waals surface area contributed by atoms with Gasteiger partial charge in [0.2, 0.25) is 17.5 Å². The summed E-state index contributed by atoms with van der Waals surface area (Å²) in [5.41, 5.74) is 1.52. The molecular formula is C91H58F15N8O3P. The van der Waals surface area contributed by atoms with Gasteiger partial charge in [-0.1, -0.05) is 59.2 Å². The van der Waals surface area contributed by atoms with E-state index in [1.807, 2.05) is 111 Å². The summed E-state index contributed by atoms with van der Waals surface area (Å²) in [4.78, 5) is 56.0. The summed E-state index contributed by atoms with van der Waals surface area (Å²) in [6.45, 7) is 17.9. The number of H-pyrrole nitrogens is 4. The molecule has 0 spiro atoms. The molecule has 10 heterocycles. The normalized spacial score (nSPS) is 12.6. The molecule has 0 aliphatic carbocycles. The Morgan fingerprint density at radius 2 is 0.415 bits per heavy atom. The van der Waals surface area contributed by atoms with Crippen molar-refractivity contribution in [2.24, 2.45) is 0 Å². The Labute approximate surface area is 659 Å². The molecule has 0 atom stereocenters. The van der Waals surface area contributed by atoms with Crippen LogP contribution in [0.2, 0.25) is 0 Å². The molecular weight excluding hydrogens is 1570 g/mol. The first-order valence-electron chi connectivity index (χ1n) is 36.4. The number of hydrogen-bond donors (Lipinski definition) is 6. The van der Waals surface area contributed by atoms with Crippen LogP contribution in [0, 0.1) is 150 Å². The average molecular weight is 1630 g/mol. The minimum Gasteiger partial charge on any atom is -0.354 e. The second-order valence-electron chi connectivity index (χ2n) is 29.4. The fraction of sp³-hybridized carbons (Fsp3) is 0.0989. The van der Waals surface area contributed by atoms with E-state index in [2.05, 4.69) is 37.1 Å². The number of nitrogens with one attached hydrogen (secondary N) is 4. The van der Waals surface area contributed by atoms with Crippen molar-refractivity contribution in [2.45, 2.75) is 62.3 Å². The lowest BCUT2D eigenvalue weighted by Crippen LogP contribution is -2.06. The summed E-state index contributed by atoms with van der Waals surface area (Å²) in [6.07, 6.45) is 10.9. The minimum atomic E-state index is -5.51. The molecule has 13 aromatic rings. The Balaban J connectivity index is 1.09. The van der Waals surface area contributed by atoms with Crippen LogP contribution >= 0.6 is 7.60 Å². The van der Waals surface area contributed by atoms with Crippen molar-refractivity contribution in [3.05, 3.63) is 286 Å². The van der Waals surface area contributed by atoms with Gasteiger partial charge in [-0.05, 0) is 233 Å². The molecule has 6 N–H and O–H groups in total. The van der Waals surface area contributed by atoms with Crippen LogP contribution in [0.25, 0.3) is 182 Å². The van der Waals surface area contributed by atoms with Crippen molar-refractivity contribution in [1.82, 2.24) is 39.9 Å². The van der Waals surface area contributed by atoms with E-state index >= 15 is 61.5 Å². The first kappa shape index (κ1) is 77.4. The highest BCUT2D eigenvalue weighted by Gasteiger charge is 2.36. The summed E-state index contributed by atoms with van der Waals surface area (Å²) < 4.78 is 256. The number of halogens is 15. The van der Waals surface area contributed by atoms with Gasteiger partial charge in [0.25, 0.3) is 0 Å². The lowest BCUT2D eigenvalue weighted by Gasteiger charge is -2.16. The van der Waals surface area contributed by atoms with Crippen LogP contribution in [0.5, 0.6) is 0 Å². The average Bonchev–Trinajstić information content (AvgIpc) is 1.57. The monoisotopic (exact) mass is 1630 g/mol. The standard InChI is InChI=1S/C91H58F15N8O3P/c1-35-28-38(4)63(39(5)29-35)68-51-16-12-47(107-51)66(48-13-17-52(108-48)69(64-40(6)30-36(2)31-41(64)7)54-21-23-56(112-54)70(55-22-20-53(68)111-55)65-42(8)32-37(3)33-43(65)9)45-11-10-44(118(115,116)117)34-46(45)67-49-14-18-57(109-49)71(74-77(92)83(98)89(104)84(99)78(74)93)59-24-26-61(113-59)73(76-81(96)87(102)91(106)88(103)82(76)97)62-27-25-60(114-62)72(58-19-15-50(67)110-58)75-79(94)85(100)90(105)86(101)80(75)95/h10-34,107,109,112,114H,1-9H3,(H2,115,116,117). The number of hydrogen-bond acceptors (Lipinski definition) is 5. The predicted octanol–water partition coefficient (Wildman–Crippen LogP) is 24.6. The maximum absolute atomic E-state index is 17.0. The smallest absolute Gasteiger partial charge is 0.354 e. The van der Waals surface area contributed by atoms with Crippen LogP contribution in [0.3, 0.4) is 0 Å². The third-order valence-electron chi connectivity index (χ3n) is 21.5. The van der Waals surface area contributed by atoms with Crippen molar-refractivity contribution in [1.29, 1.82) is 0 Å². The van der Waals surface area contributed by atoms with Crippen LogP contribution in [0.15, 0.2) is 103 Å². The maximum Gasteiger partial charge on any atom is 0.356 e. The highest BCUT2D eigenvalue weighted by atomic mass is 31.2. The number of benzene rings is 7. The summed E-state index contributed by atoms with van der Waals surface area (Å²) in [5.74, 6) is -38.2. The van der Waals surface area contributed by atoms with E-state index in [0.717, 1.165) is 133 Å². The van der Waals surface area contributed by atoms with E-state index in [9.17, 15) is 18.7 Å². The lowest BCUT2D eigenvalue weighted by atomic mass is 9.92. The molecule has 0 saturated carbocycles. The first-order chi connectivity index (χ1) is 56.1. The number of rotatable bonds is 9. The molecule has 0 unspecified atom stereocenters. The largest absolute Gasteiger partial charge is 0.356 e. The van der Waals surface area contributed by atoms with Gasteiger partial charge in [-0.15, -0.1) is 0 Å². The molecule has 0 radical (unpaired) electrons. The molecule has 16 bridgehead atoms. The number of fused-ring (bicyclic) bond motifs is 16. The van der Waals surface area contributed by atoms with Gasteiger partial charge in [0, 0.05) is 88.6 Å². The molecule has 11 nitrogen and oxygen atoms in total. The zero-order chi connectivity index (χ0) is 83.7. The highest BCUT2D eigenvalue weighted by molar-refractivity contribution is 7.60. The summed E-state index contributed by atoms with van der Waals surface area (Å²) in [5, 5.41) is -0.716. The van der Waals surface area contributed by atoms with E-state index in [1.54, 1.807) is 24.3 Å². The van der Waals surface area contributed by atoms with Gasteiger partial charge in [0.05, 0.1) is 67.5 Å². The molecule has 0 saturated heterocycles. The van der Waals surface area contributed by atoms with E-state index in [1.165, 1.54) is 6.07 Å². The lowest BCUT2D eigenvalue weighted by molar-refractivity contribution is 0.381. The number of aryl methyl sites for hydroxylation is 9. The van der Waals surface area contributed by atoms with Crippen molar-refractivity contribution < 1.29 is 80.2 Å². The van der Waals surface area contributed by atoms with Gasteiger partial charge in [0.15, 0.2) is 69.8 Å². The van der Waals surface area contributed by atoms with E-state index < -0.39 is 173 Å². The second kappa shape index (κ2) is 28.3. The molecule has 7 aromatic carbocycles. The van der Waals surface area contributed by atoms with E-state index in [0.29, 0.717) is 44.8 Å². The third kappa shape index (κ3) is 12.4. The molecule has 118 heavy (non-hydrogen) atoms. The van der Waals surface area contributed by atoms with Gasteiger partial charge >= 0.3 is 7.60 Å². The molecule has 27 heteroatoms. The number of aromatic amines is 4. The Kier molecular flexibility index (Phi) is 18.6. The molecule has 0 amide bonds. The maximum atomic E-state index is 17.0. The minimum absolute atomic E-state index is 0.0191. The quantitative estimate of drug-likeness (QED) is 0.0361. The van der Waals surface area contributed by atoms with Crippen LogP contribution < -0.4 is 5.30 Å². The molecule has 17 rings (SSSR count). The fourth-order valence-corrected chi connectivity index (χ4v) is 17.5. The topological polar surface area (TPSA) is 172 Å². The fourth-order valence-electron chi connectivity index (χ4n) is 16.9. The predicted molar refractivity (Wildman–Crippen MR) is 428 cm³/mol. The Morgan fingerprint density at radius 3 is 0.636 bits per heavy atom. The zero-order valence-electron chi connectivity index (χ0n) is 63.1. The molecule has 0 fully saturated rings. The molecule has 6 aromatic heterocycles. The van der Waals surface area contributed by atoms with Gasteiger partial charge in [-0.2, -0.15) is 0 Å². The number of nitrogens with zero attached hydrogens (tertiary/aromatic N) is 4. The van der Waals surface area contributed by atoms with Crippen molar-refractivity contribution in [3.63, 3.8) is 0 Å². The summed E-state index contributed by atoms with van der Waals surface area (Å²) in [6, 6.07) is 26.9. The van der Waals surface area contributed by atoms with Crippen LogP contribution in [-0.4, -0.2) is 49.7 Å². The van der Waals surface area contributed by atoms with Gasteiger partial charge in [-0.3, -0.25) is 4.57 Å².